The van der Waals surface area contributed by atoms with E-state index in [0.29, 0.717) is 10.9 Å². The Morgan fingerprint density at radius 2 is 1.47 bits per heavy atom. The van der Waals surface area contributed by atoms with E-state index in [1.165, 1.54) is 77.7 Å². The normalized spacial score (nSPS) is 12.2. The molecule has 0 spiro atoms. The zero-order valence-corrected chi connectivity index (χ0v) is 34.9. The number of halogens is 1. The summed E-state index contributed by atoms with van der Waals surface area (Å²) in [4.78, 5) is 79.4. The molecule has 0 aliphatic heterocycles. The molecule has 0 aliphatic carbocycles. The molecule has 20 nitrogen and oxygen atoms in total. The molecule has 0 fully saturated rings. The van der Waals surface area contributed by atoms with E-state index in [2.05, 4.69) is 36.8 Å². The maximum absolute atomic E-state index is 14.0. The number of nitrogens with one attached hydrogen (secondary N) is 5. The number of ether oxygens (including phenoxy) is 2. The van der Waals surface area contributed by atoms with Gasteiger partial charge >= 0.3 is 29.9 Å². The van der Waals surface area contributed by atoms with Crippen LogP contribution < -0.4 is 26.0 Å². The first kappa shape index (κ1) is 44.2. The van der Waals surface area contributed by atoms with Crippen molar-refractivity contribution in [2.24, 2.45) is 0 Å². The Bertz CT molecular complexity index is 2580. The number of amides is 5. The molecular formula is C38H41ClN10O10S. The molecule has 3 aromatic carbocycles. The molecule has 0 aliphatic rings. The molecule has 0 saturated carbocycles. The molecule has 60 heavy (non-hydrogen) atoms. The van der Waals surface area contributed by atoms with Crippen LogP contribution >= 0.6 is 11.6 Å². The summed E-state index contributed by atoms with van der Waals surface area (Å²) in [6, 6.07) is 13.8. The number of tetrazole rings is 1. The third-order valence-electron chi connectivity index (χ3n) is 7.81. The third-order valence-corrected chi connectivity index (χ3v) is 8.60. The van der Waals surface area contributed by atoms with Gasteiger partial charge in [0.25, 0.3) is 0 Å². The fourth-order valence-electron chi connectivity index (χ4n) is 5.48. The predicted molar refractivity (Wildman–Crippen MR) is 219 cm³/mol. The molecule has 5 amide bonds. The van der Waals surface area contributed by atoms with Crippen molar-refractivity contribution in [3.05, 3.63) is 89.3 Å². The van der Waals surface area contributed by atoms with E-state index >= 15 is 0 Å². The van der Waals surface area contributed by atoms with Crippen molar-refractivity contribution in [2.45, 2.75) is 65.2 Å². The highest BCUT2D eigenvalue weighted by molar-refractivity contribution is 7.89. The smallest absolute Gasteiger partial charge is 0.419 e. The Balaban J connectivity index is 1.43. The summed E-state index contributed by atoms with van der Waals surface area (Å²) in [7, 11) is -3.83. The zero-order valence-electron chi connectivity index (χ0n) is 33.3. The Morgan fingerprint density at radius 1 is 0.800 bits per heavy atom. The number of esters is 1. The number of aromatic nitrogens is 5. The van der Waals surface area contributed by atoms with Gasteiger partial charge in [-0.25, -0.2) is 32.1 Å². The number of carbonyl (C=O) groups is 6. The summed E-state index contributed by atoms with van der Waals surface area (Å²) in [5, 5.41) is 21.5. The minimum absolute atomic E-state index is 0.0799. The number of nitrogens with zero attached hydrogens (tertiary/aromatic N) is 5. The quantitative estimate of drug-likeness (QED) is 0.0965. The van der Waals surface area contributed by atoms with E-state index in [4.69, 9.17) is 21.1 Å². The van der Waals surface area contributed by atoms with Crippen molar-refractivity contribution in [1.82, 2.24) is 34.8 Å². The van der Waals surface area contributed by atoms with E-state index < -0.39 is 63.1 Å². The third kappa shape index (κ3) is 12.1. The number of anilines is 3. The number of benzene rings is 3. The van der Waals surface area contributed by atoms with Gasteiger partial charge in [-0.05, 0) is 112 Å². The molecular weight excluding hydrogens is 824 g/mol. The Hall–Kier alpha value is -6.87. The van der Waals surface area contributed by atoms with Crippen molar-refractivity contribution in [3.8, 4) is 5.69 Å². The van der Waals surface area contributed by atoms with E-state index in [1.807, 2.05) is 0 Å². The SMILES string of the molecule is CC(C)(C)OC(=O)c1cc2cc(NC(=O)C(Cc3ccc(NC(=O)NS(C)(=O)=O)cc3)NC(=O)C(=O)Nc3cc(Cl)ccc3-n3cnnn3)ccc2n1C(=O)OC(C)(C)C. The lowest BCUT2D eigenvalue weighted by molar-refractivity contribution is -0.137. The molecule has 5 rings (SSSR count). The fraction of sp³-hybridized carbons (Fsp3) is 0.289. The molecule has 2 heterocycles. The van der Waals surface area contributed by atoms with Gasteiger partial charge in [0, 0.05) is 28.2 Å². The lowest BCUT2D eigenvalue weighted by atomic mass is 10.0. The number of hydrogen-bond acceptors (Lipinski definition) is 13. The highest BCUT2D eigenvalue weighted by atomic mass is 35.5. The number of rotatable bonds is 10. The van der Waals surface area contributed by atoms with E-state index in [0.717, 1.165) is 10.8 Å². The lowest BCUT2D eigenvalue weighted by Gasteiger charge is -2.22. The van der Waals surface area contributed by atoms with Crippen molar-refractivity contribution < 1.29 is 46.7 Å². The number of hydrogen-bond donors (Lipinski definition) is 5. The van der Waals surface area contributed by atoms with Crippen LogP contribution in [-0.4, -0.2) is 92.5 Å². The molecule has 2 aromatic heterocycles. The molecule has 22 heteroatoms. The Kier molecular flexibility index (Phi) is 12.9. The van der Waals surface area contributed by atoms with E-state index in [-0.39, 0.29) is 45.4 Å². The summed E-state index contributed by atoms with van der Waals surface area (Å²) < 4.78 is 38.1. The highest BCUT2D eigenvalue weighted by Crippen LogP contribution is 2.28. The van der Waals surface area contributed by atoms with Gasteiger partial charge in [-0.15, -0.1) is 5.10 Å². The van der Waals surface area contributed by atoms with Crippen molar-refractivity contribution in [2.75, 3.05) is 22.2 Å². The zero-order chi connectivity index (χ0) is 44.2. The largest absolute Gasteiger partial charge is 0.455 e. The highest BCUT2D eigenvalue weighted by Gasteiger charge is 2.30. The molecule has 5 aromatic rings. The summed E-state index contributed by atoms with van der Waals surface area (Å²) in [5.74, 6) is -3.95. The van der Waals surface area contributed by atoms with E-state index in [9.17, 15) is 37.2 Å². The summed E-state index contributed by atoms with van der Waals surface area (Å²) in [6.07, 6.45) is 1.06. The van der Waals surface area contributed by atoms with Gasteiger partial charge in [0.15, 0.2) is 0 Å². The number of carbonyl (C=O) groups excluding carboxylic acids is 6. The second kappa shape index (κ2) is 17.5. The van der Waals surface area contributed by atoms with Gasteiger partial charge in [-0.3, -0.25) is 14.4 Å². The van der Waals surface area contributed by atoms with Crippen LogP contribution in [0.4, 0.5) is 26.7 Å². The molecule has 0 saturated heterocycles. The van der Waals surface area contributed by atoms with Crippen LogP contribution in [0.3, 0.4) is 0 Å². The van der Waals surface area contributed by atoms with Crippen LogP contribution in [0.25, 0.3) is 16.6 Å². The lowest BCUT2D eigenvalue weighted by Crippen LogP contribution is -2.49. The van der Waals surface area contributed by atoms with Crippen LogP contribution in [-0.2, 0) is 40.3 Å². The van der Waals surface area contributed by atoms with Crippen LogP contribution in [0.2, 0.25) is 5.02 Å². The van der Waals surface area contributed by atoms with Crippen molar-refractivity contribution in [3.63, 3.8) is 0 Å². The summed E-state index contributed by atoms with van der Waals surface area (Å²) in [6.45, 7) is 10.0. The Morgan fingerprint density at radius 3 is 2.08 bits per heavy atom. The van der Waals surface area contributed by atoms with Crippen LogP contribution in [0.15, 0.2) is 73.1 Å². The maximum Gasteiger partial charge on any atom is 0.419 e. The van der Waals surface area contributed by atoms with Gasteiger partial charge in [-0.1, -0.05) is 23.7 Å². The minimum Gasteiger partial charge on any atom is -0.455 e. The van der Waals surface area contributed by atoms with E-state index in [1.54, 1.807) is 46.3 Å². The summed E-state index contributed by atoms with van der Waals surface area (Å²) in [5.41, 5.74) is -0.437. The van der Waals surface area contributed by atoms with Crippen LogP contribution in [0.1, 0.15) is 57.6 Å². The Labute approximate surface area is 348 Å². The molecule has 1 unspecified atom stereocenters. The second-order valence-electron chi connectivity index (χ2n) is 15.2. The van der Waals surface area contributed by atoms with Crippen LogP contribution in [0.5, 0.6) is 0 Å². The average molecular weight is 865 g/mol. The topological polar surface area (TPSA) is 264 Å². The first-order valence-corrected chi connectivity index (χ1v) is 20.2. The molecule has 316 valence electrons. The molecule has 5 N–H and O–H groups in total. The molecule has 0 bridgehead atoms. The predicted octanol–water partition coefficient (Wildman–Crippen LogP) is 4.39. The second-order valence-corrected chi connectivity index (χ2v) is 17.4. The first-order chi connectivity index (χ1) is 27.9. The maximum atomic E-state index is 14.0. The van der Waals surface area contributed by atoms with Gasteiger partial charge < -0.3 is 30.7 Å². The van der Waals surface area contributed by atoms with Gasteiger partial charge in [-0.2, -0.15) is 4.68 Å². The molecule has 0 radical (unpaired) electrons. The number of fused-ring (bicyclic) bond motifs is 1. The van der Waals surface area contributed by atoms with Gasteiger partial charge in [0.1, 0.15) is 29.3 Å². The van der Waals surface area contributed by atoms with Crippen molar-refractivity contribution >= 4 is 85.4 Å². The molecule has 1 atom stereocenters. The van der Waals surface area contributed by atoms with Crippen LogP contribution in [0, 0.1) is 0 Å². The monoisotopic (exact) mass is 864 g/mol. The summed E-state index contributed by atoms with van der Waals surface area (Å²) >= 11 is 6.16. The minimum atomic E-state index is -3.83. The fourth-order valence-corrected chi connectivity index (χ4v) is 6.04. The standard InChI is InChI=1S/C38H41ClN10O10S/c1-37(2,3)58-34(53)30-18-22-17-25(13-15-28(22)49(30)36(55)59-38(4,5)6)41-31(50)27(16-21-8-11-24(12-9-21)42-35(54)45-60(7,56)57)44-33(52)32(51)43-26-19-23(39)10-14-29(26)48-20-40-46-47-48/h8-15,17-20,27H,16H2,1-7H3,(H,41,50)(H,43,51)(H,44,52)(H2,42,45,54). The van der Waals surface area contributed by atoms with Gasteiger partial charge in [0.05, 0.1) is 23.1 Å². The first-order valence-electron chi connectivity index (χ1n) is 17.9. The van der Waals surface area contributed by atoms with Crippen molar-refractivity contribution in [1.29, 1.82) is 0 Å². The van der Waals surface area contributed by atoms with Gasteiger partial charge in [0.2, 0.25) is 15.9 Å². The average Bonchev–Trinajstić information content (AvgIpc) is 3.79. The number of urea groups is 1. The number of sulfonamides is 1.